The lowest BCUT2D eigenvalue weighted by atomic mass is 9.97. The number of carbonyl (C=O) groups is 5. The van der Waals surface area contributed by atoms with Crippen LogP contribution in [-0.4, -0.2) is 48.6 Å². The molecular weight excluding hydrogens is 556 g/mol. The van der Waals surface area contributed by atoms with Gasteiger partial charge < -0.3 is 35.9 Å². The van der Waals surface area contributed by atoms with Gasteiger partial charge in [-0.3, -0.25) is 9.59 Å². The van der Waals surface area contributed by atoms with E-state index in [0.29, 0.717) is 12.0 Å². The van der Waals surface area contributed by atoms with Crippen molar-refractivity contribution in [2.75, 3.05) is 6.54 Å². The molecule has 12 heteroatoms. The molecule has 43 heavy (non-hydrogen) atoms. The second kappa shape index (κ2) is 16.7. The van der Waals surface area contributed by atoms with Gasteiger partial charge in [-0.2, -0.15) is 0 Å². The van der Waals surface area contributed by atoms with Gasteiger partial charge in [0.2, 0.25) is 5.91 Å². The zero-order valence-electron chi connectivity index (χ0n) is 25.3. The van der Waals surface area contributed by atoms with Crippen LogP contribution in [0.2, 0.25) is 0 Å². The quantitative estimate of drug-likeness (QED) is 0.145. The molecule has 0 heterocycles. The average Bonchev–Trinajstić information content (AvgIpc) is 2.95. The molecule has 0 aromatic heterocycles. The van der Waals surface area contributed by atoms with Crippen LogP contribution in [0.15, 0.2) is 54.6 Å². The molecule has 0 aliphatic carbocycles. The molecule has 2 atom stereocenters. The molecule has 2 aromatic rings. The fourth-order valence-electron chi connectivity index (χ4n) is 3.66. The predicted octanol–water partition coefficient (Wildman–Crippen LogP) is 3.57. The van der Waals surface area contributed by atoms with Crippen LogP contribution < -0.4 is 26.4 Å². The van der Waals surface area contributed by atoms with Gasteiger partial charge in [-0.25, -0.2) is 14.4 Å². The van der Waals surface area contributed by atoms with E-state index >= 15 is 0 Å². The van der Waals surface area contributed by atoms with Crippen LogP contribution in [0.4, 0.5) is 9.59 Å². The highest BCUT2D eigenvalue weighted by atomic mass is 16.6. The third-order valence-corrected chi connectivity index (χ3v) is 6.13. The van der Waals surface area contributed by atoms with Crippen molar-refractivity contribution in [3.05, 3.63) is 65.7 Å². The Hall–Kier alpha value is -4.61. The molecule has 0 unspecified atom stereocenters. The van der Waals surface area contributed by atoms with Crippen molar-refractivity contribution in [3.8, 4) is 5.75 Å². The largest absolute Gasteiger partial charge is 0.460 e. The molecule has 0 bridgehead atoms. The maximum absolute atomic E-state index is 13.2. The minimum Gasteiger partial charge on any atom is -0.460 e. The molecule has 0 saturated heterocycles. The topological polar surface area (TPSA) is 175 Å². The lowest BCUT2D eigenvalue weighted by molar-refractivity contribution is -0.154. The molecule has 2 rings (SSSR count). The fourth-order valence-corrected chi connectivity index (χ4v) is 3.66. The number of hydrogen-bond acceptors (Lipinski definition) is 8. The third kappa shape index (κ3) is 12.8. The van der Waals surface area contributed by atoms with E-state index in [2.05, 4.69) is 16.0 Å². The van der Waals surface area contributed by atoms with E-state index in [1.165, 1.54) is 0 Å². The predicted molar refractivity (Wildman–Crippen MR) is 158 cm³/mol. The highest BCUT2D eigenvalue weighted by Crippen LogP contribution is 2.18. The average molecular weight is 599 g/mol. The first-order valence-electron chi connectivity index (χ1n) is 14.0. The van der Waals surface area contributed by atoms with Crippen molar-refractivity contribution >= 4 is 30.0 Å². The van der Waals surface area contributed by atoms with Crippen molar-refractivity contribution in [1.29, 1.82) is 0 Å². The fraction of sp³-hybridized carbons (Fsp3) is 0.452. The Balaban J connectivity index is 2.04. The maximum atomic E-state index is 13.2. The lowest BCUT2D eigenvalue weighted by Gasteiger charge is -2.24. The van der Waals surface area contributed by atoms with Crippen LogP contribution in [0, 0.1) is 11.3 Å². The number of nitrogens with two attached hydrogens (primary N) is 1. The Labute approximate surface area is 252 Å². The van der Waals surface area contributed by atoms with E-state index in [1.54, 1.807) is 71.0 Å². The first kappa shape index (κ1) is 34.6. The second-order valence-electron chi connectivity index (χ2n) is 11.3. The van der Waals surface area contributed by atoms with Gasteiger partial charge in [0.25, 0.3) is 0 Å². The summed E-state index contributed by atoms with van der Waals surface area (Å²) in [6.45, 7) is 9.02. The number of benzene rings is 2. The van der Waals surface area contributed by atoms with Crippen molar-refractivity contribution in [3.63, 3.8) is 0 Å². The summed E-state index contributed by atoms with van der Waals surface area (Å²) in [6.07, 6.45) is -0.356. The zero-order valence-corrected chi connectivity index (χ0v) is 25.3. The summed E-state index contributed by atoms with van der Waals surface area (Å²) in [4.78, 5) is 61.9. The normalized spacial score (nSPS) is 12.4. The van der Waals surface area contributed by atoms with Gasteiger partial charge in [0.1, 0.15) is 31.0 Å². The molecule has 0 aliphatic rings. The van der Waals surface area contributed by atoms with Crippen molar-refractivity contribution in [2.45, 2.75) is 72.8 Å². The van der Waals surface area contributed by atoms with Crippen LogP contribution >= 0.6 is 0 Å². The van der Waals surface area contributed by atoms with E-state index in [4.69, 9.17) is 19.9 Å². The molecule has 234 valence electrons. The SMILES string of the molecule is CC(C)[C@H](NC(=O)OCc1ccccc1)C(=O)N[C@@H](CCCNC(N)=O)C(=O)Oc1ccc(COC(=O)C(C)(C)C)cc1. The van der Waals surface area contributed by atoms with Crippen LogP contribution in [0.5, 0.6) is 5.75 Å². The standard InChI is InChI=1S/C31H42N4O8/c1-20(2)25(35-30(40)42-19-21-10-7-6-8-11-21)26(36)34-24(12-9-17-33-29(32)39)27(37)43-23-15-13-22(14-16-23)18-41-28(38)31(3,4)5/h6-8,10-11,13-16,20,24-25H,9,12,17-19H2,1-5H3,(H,34,36)(H,35,40)(H3,32,33,39)/t24-,25-/m0/s1. The Morgan fingerprint density at radius 1 is 0.837 bits per heavy atom. The minimum atomic E-state index is -1.10. The molecule has 0 radical (unpaired) electrons. The molecule has 0 spiro atoms. The summed E-state index contributed by atoms with van der Waals surface area (Å²) in [5.41, 5.74) is 5.97. The Morgan fingerprint density at radius 3 is 2.02 bits per heavy atom. The Morgan fingerprint density at radius 2 is 1.44 bits per heavy atom. The van der Waals surface area contributed by atoms with E-state index < -0.39 is 41.5 Å². The summed E-state index contributed by atoms with van der Waals surface area (Å²) in [7, 11) is 0. The van der Waals surface area contributed by atoms with E-state index in [1.807, 2.05) is 18.2 Å². The molecule has 0 aliphatic heterocycles. The van der Waals surface area contributed by atoms with Gasteiger partial charge in [0.05, 0.1) is 5.41 Å². The van der Waals surface area contributed by atoms with Crippen molar-refractivity contribution in [2.24, 2.45) is 17.1 Å². The van der Waals surface area contributed by atoms with Gasteiger partial charge in [-0.15, -0.1) is 0 Å². The molecule has 2 aromatic carbocycles. The Bertz CT molecular complexity index is 1230. The van der Waals surface area contributed by atoms with E-state index in [9.17, 15) is 24.0 Å². The minimum absolute atomic E-state index is 0.0265. The zero-order chi connectivity index (χ0) is 32.0. The number of urea groups is 1. The maximum Gasteiger partial charge on any atom is 0.408 e. The summed E-state index contributed by atoms with van der Waals surface area (Å²) in [5.74, 6) is -1.81. The van der Waals surface area contributed by atoms with Gasteiger partial charge in [0, 0.05) is 6.54 Å². The summed E-state index contributed by atoms with van der Waals surface area (Å²) in [5, 5.41) is 7.66. The number of carbonyl (C=O) groups excluding carboxylic acids is 5. The number of esters is 2. The number of amides is 4. The summed E-state index contributed by atoms with van der Waals surface area (Å²) < 4.78 is 16.1. The lowest BCUT2D eigenvalue weighted by Crippen LogP contribution is -2.54. The summed E-state index contributed by atoms with van der Waals surface area (Å²) >= 11 is 0. The van der Waals surface area contributed by atoms with Crippen molar-refractivity contribution < 1.29 is 38.2 Å². The van der Waals surface area contributed by atoms with Gasteiger partial charge in [0.15, 0.2) is 0 Å². The molecule has 4 amide bonds. The molecule has 0 fully saturated rings. The molecular formula is C31H42N4O8. The van der Waals surface area contributed by atoms with Gasteiger partial charge in [-0.1, -0.05) is 56.3 Å². The Kier molecular flexibility index (Phi) is 13.5. The van der Waals surface area contributed by atoms with Gasteiger partial charge >= 0.3 is 24.1 Å². The van der Waals surface area contributed by atoms with E-state index in [-0.39, 0.29) is 43.8 Å². The number of nitrogens with one attached hydrogen (secondary N) is 3. The number of primary amides is 1. The first-order chi connectivity index (χ1) is 20.3. The molecule has 0 saturated carbocycles. The smallest absolute Gasteiger partial charge is 0.408 e. The monoisotopic (exact) mass is 598 g/mol. The van der Waals surface area contributed by atoms with Crippen LogP contribution in [0.25, 0.3) is 0 Å². The highest BCUT2D eigenvalue weighted by Gasteiger charge is 2.30. The number of alkyl carbamates (subject to hydrolysis) is 1. The summed E-state index contributed by atoms with van der Waals surface area (Å²) in [6, 6.07) is 12.7. The van der Waals surface area contributed by atoms with E-state index in [0.717, 1.165) is 5.56 Å². The van der Waals surface area contributed by atoms with Gasteiger partial charge in [-0.05, 0) is 62.8 Å². The second-order valence-corrected chi connectivity index (χ2v) is 11.3. The third-order valence-electron chi connectivity index (χ3n) is 6.13. The van der Waals surface area contributed by atoms with Crippen LogP contribution in [0.1, 0.15) is 58.6 Å². The molecule has 12 nitrogen and oxygen atoms in total. The molecule has 5 N–H and O–H groups in total. The van der Waals surface area contributed by atoms with Crippen LogP contribution in [-0.2, 0) is 37.1 Å². The number of rotatable bonds is 14. The highest BCUT2D eigenvalue weighted by molar-refractivity contribution is 5.90. The van der Waals surface area contributed by atoms with Crippen LogP contribution in [0.3, 0.4) is 0 Å². The van der Waals surface area contributed by atoms with Crippen molar-refractivity contribution in [1.82, 2.24) is 16.0 Å². The first-order valence-corrected chi connectivity index (χ1v) is 14.0. The number of ether oxygens (including phenoxy) is 3. The number of hydrogen-bond donors (Lipinski definition) is 4.